The summed E-state index contributed by atoms with van der Waals surface area (Å²) in [6, 6.07) is 3.95. The van der Waals surface area contributed by atoms with E-state index in [1.54, 1.807) is 6.07 Å². The van der Waals surface area contributed by atoms with Crippen LogP contribution in [0.1, 0.15) is 47.6 Å². The Kier molecular flexibility index (Phi) is 4.71. The van der Waals surface area contributed by atoms with Gasteiger partial charge in [-0.25, -0.2) is 4.79 Å². The maximum Gasteiger partial charge on any atom is 0.341 e. The van der Waals surface area contributed by atoms with E-state index >= 15 is 0 Å². The van der Waals surface area contributed by atoms with Crippen LogP contribution in [0.15, 0.2) is 17.1 Å². The number of aromatic nitrogens is 1. The van der Waals surface area contributed by atoms with Crippen LogP contribution < -0.4 is 21.8 Å². The normalized spacial score (nSPS) is 20.0. The molecule has 1 saturated heterocycles. The van der Waals surface area contributed by atoms with E-state index in [0.717, 1.165) is 49.1 Å². The molecule has 0 bridgehead atoms. The third-order valence-electron chi connectivity index (χ3n) is 6.22. The Morgan fingerprint density at radius 2 is 2.14 bits per heavy atom. The number of carboxylic acid groups (broad SMARTS) is 1. The number of aryl methyl sites for hydroxylation is 1. The number of nitrogen functional groups attached to an aromatic ring is 1. The molecule has 0 radical (unpaired) electrons. The topological polar surface area (TPSA) is 138 Å². The number of fused-ring (bicyclic) bond motifs is 1. The summed E-state index contributed by atoms with van der Waals surface area (Å²) in [4.78, 5) is 26.6. The van der Waals surface area contributed by atoms with Crippen LogP contribution in [0, 0.1) is 24.2 Å². The fourth-order valence-electron chi connectivity index (χ4n) is 4.48. The van der Waals surface area contributed by atoms with Crippen molar-refractivity contribution < 1.29 is 9.90 Å². The van der Waals surface area contributed by atoms with Gasteiger partial charge < -0.3 is 26.0 Å². The molecular weight excluding hydrogens is 370 g/mol. The van der Waals surface area contributed by atoms with E-state index in [2.05, 4.69) is 11.0 Å². The highest BCUT2D eigenvalue weighted by Crippen LogP contribution is 2.41. The number of hydrogen-bond acceptors (Lipinski definition) is 6. The van der Waals surface area contributed by atoms with Crippen molar-refractivity contribution in [3.05, 3.63) is 33.6 Å². The molecule has 1 aromatic heterocycles. The van der Waals surface area contributed by atoms with Crippen LogP contribution >= 0.6 is 0 Å². The van der Waals surface area contributed by atoms with E-state index in [1.165, 1.54) is 6.20 Å². The third kappa shape index (κ3) is 3.21. The summed E-state index contributed by atoms with van der Waals surface area (Å²) < 4.78 is 1.92. The minimum Gasteiger partial charge on any atom is -0.477 e. The molecule has 2 aromatic rings. The zero-order valence-corrected chi connectivity index (χ0v) is 16.4. The monoisotopic (exact) mass is 395 g/mol. The van der Waals surface area contributed by atoms with Crippen LogP contribution in [0.25, 0.3) is 10.9 Å². The molecule has 2 atom stereocenters. The Morgan fingerprint density at radius 3 is 2.76 bits per heavy atom. The second-order valence-electron chi connectivity index (χ2n) is 8.17. The molecule has 1 aliphatic carbocycles. The molecule has 2 fully saturated rings. The van der Waals surface area contributed by atoms with Crippen molar-refractivity contribution in [1.82, 2.24) is 4.57 Å². The summed E-state index contributed by atoms with van der Waals surface area (Å²) in [5, 5.41) is 18.7. The maximum absolute atomic E-state index is 12.8. The quantitative estimate of drug-likeness (QED) is 0.658. The fraction of sp³-hybridized carbons (Fsp3) is 0.476. The van der Waals surface area contributed by atoms with Crippen LogP contribution in [0.2, 0.25) is 0 Å². The van der Waals surface area contributed by atoms with Gasteiger partial charge in [-0.1, -0.05) is 0 Å². The average molecular weight is 395 g/mol. The lowest BCUT2D eigenvalue weighted by molar-refractivity contribution is 0.0695. The molecule has 0 amide bonds. The number of pyridine rings is 1. The molecule has 2 aliphatic rings. The highest BCUT2D eigenvalue weighted by atomic mass is 16.4. The number of anilines is 2. The lowest BCUT2D eigenvalue weighted by atomic mass is 9.97. The van der Waals surface area contributed by atoms with E-state index in [-0.39, 0.29) is 29.0 Å². The predicted octanol–water partition coefficient (Wildman–Crippen LogP) is 1.99. The van der Waals surface area contributed by atoms with Gasteiger partial charge in [0.25, 0.3) is 0 Å². The van der Waals surface area contributed by atoms with Crippen molar-refractivity contribution in [2.45, 2.75) is 44.7 Å². The minimum absolute atomic E-state index is 0.161. The largest absolute Gasteiger partial charge is 0.477 e. The van der Waals surface area contributed by atoms with Gasteiger partial charge in [-0.05, 0) is 43.7 Å². The molecular formula is C21H25N5O3. The van der Waals surface area contributed by atoms with Crippen LogP contribution in [0.4, 0.5) is 11.4 Å². The van der Waals surface area contributed by atoms with Gasteiger partial charge in [0, 0.05) is 42.7 Å². The molecule has 152 valence electrons. The van der Waals surface area contributed by atoms with Crippen LogP contribution in [0.5, 0.6) is 0 Å². The Bertz CT molecular complexity index is 1100. The summed E-state index contributed by atoms with van der Waals surface area (Å²) in [7, 11) is 0. The smallest absolute Gasteiger partial charge is 0.341 e. The average Bonchev–Trinajstić information content (AvgIpc) is 3.40. The highest BCUT2D eigenvalue weighted by Gasteiger charge is 2.32. The number of aromatic carboxylic acids is 1. The Labute approximate surface area is 168 Å². The molecule has 2 heterocycles. The SMILES string of the molecule is Cc1c(N2CCC(C(N)CC#N)C2)cc(N)c2c(=O)c(C(=O)O)cn(C3CC3)c12. The third-order valence-corrected chi connectivity index (χ3v) is 6.22. The molecule has 5 N–H and O–H groups in total. The van der Waals surface area contributed by atoms with Crippen molar-refractivity contribution in [2.75, 3.05) is 23.7 Å². The van der Waals surface area contributed by atoms with E-state index < -0.39 is 11.4 Å². The van der Waals surface area contributed by atoms with Gasteiger partial charge in [-0.3, -0.25) is 4.79 Å². The van der Waals surface area contributed by atoms with Crippen molar-refractivity contribution >= 4 is 28.2 Å². The maximum atomic E-state index is 12.8. The lowest BCUT2D eigenvalue weighted by Gasteiger charge is -2.25. The number of hydrogen-bond donors (Lipinski definition) is 3. The van der Waals surface area contributed by atoms with E-state index in [1.807, 2.05) is 11.5 Å². The standard InChI is InChI=1S/C21H25N5O3/c1-11-17(25-7-5-12(9-25)15(23)4-6-22)8-16(24)18-19(11)26(13-2-3-13)10-14(20(18)27)21(28)29/h8,10,12-13,15H,2-5,7,9,23-24H2,1H3,(H,28,29). The van der Waals surface area contributed by atoms with Crippen LogP contribution in [0.3, 0.4) is 0 Å². The van der Waals surface area contributed by atoms with Gasteiger partial charge in [-0.15, -0.1) is 0 Å². The zero-order valence-electron chi connectivity index (χ0n) is 16.4. The van der Waals surface area contributed by atoms with Gasteiger partial charge in [0.1, 0.15) is 5.56 Å². The molecule has 1 saturated carbocycles. The van der Waals surface area contributed by atoms with Gasteiger partial charge in [0.15, 0.2) is 0 Å². The molecule has 1 aliphatic heterocycles. The Hall–Kier alpha value is -3.05. The second-order valence-corrected chi connectivity index (χ2v) is 8.17. The molecule has 0 spiro atoms. The summed E-state index contributed by atoms with van der Waals surface area (Å²) in [6.07, 6.45) is 4.60. The second kappa shape index (κ2) is 7.08. The van der Waals surface area contributed by atoms with Crippen molar-refractivity contribution in [3.8, 4) is 6.07 Å². The molecule has 8 heteroatoms. The fourth-order valence-corrected chi connectivity index (χ4v) is 4.48. The van der Waals surface area contributed by atoms with Crippen molar-refractivity contribution in [1.29, 1.82) is 5.26 Å². The molecule has 1 aromatic carbocycles. The van der Waals surface area contributed by atoms with Gasteiger partial charge in [0.2, 0.25) is 5.43 Å². The Morgan fingerprint density at radius 1 is 1.41 bits per heavy atom. The first-order valence-electron chi connectivity index (χ1n) is 9.92. The zero-order chi connectivity index (χ0) is 20.9. The number of carbonyl (C=O) groups is 1. The number of rotatable bonds is 5. The number of nitriles is 1. The first kappa shape index (κ1) is 19.3. The van der Waals surface area contributed by atoms with E-state index in [0.29, 0.717) is 12.1 Å². The summed E-state index contributed by atoms with van der Waals surface area (Å²) in [5.74, 6) is -1.01. The van der Waals surface area contributed by atoms with E-state index in [4.69, 9.17) is 16.7 Å². The van der Waals surface area contributed by atoms with Crippen LogP contribution in [-0.2, 0) is 0 Å². The first-order chi connectivity index (χ1) is 13.8. The van der Waals surface area contributed by atoms with Gasteiger partial charge in [0.05, 0.1) is 23.4 Å². The number of nitrogens with two attached hydrogens (primary N) is 2. The molecule has 2 unspecified atom stereocenters. The summed E-state index contributed by atoms with van der Waals surface area (Å²) >= 11 is 0. The van der Waals surface area contributed by atoms with Crippen LogP contribution in [-0.4, -0.2) is 34.8 Å². The van der Waals surface area contributed by atoms with E-state index in [9.17, 15) is 14.7 Å². The van der Waals surface area contributed by atoms with Crippen molar-refractivity contribution in [2.24, 2.45) is 11.7 Å². The number of carboxylic acids is 1. The van der Waals surface area contributed by atoms with Crippen molar-refractivity contribution in [3.63, 3.8) is 0 Å². The van der Waals surface area contributed by atoms with Gasteiger partial charge in [-0.2, -0.15) is 5.26 Å². The predicted molar refractivity (Wildman–Crippen MR) is 111 cm³/mol. The molecule has 29 heavy (non-hydrogen) atoms. The highest BCUT2D eigenvalue weighted by molar-refractivity contribution is 6.01. The Balaban J connectivity index is 1.85. The van der Waals surface area contributed by atoms with Gasteiger partial charge >= 0.3 is 5.97 Å². The first-order valence-corrected chi connectivity index (χ1v) is 9.92. The minimum atomic E-state index is -1.23. The number of nitrogens with zero attached hydrogens (tertiary/aromatic N) is 3. The summed E-state index contributed by atoms with van der Waals surface area (Å²) in [6.45, 7) is 3.49. The number of benzene rings is 1. The summed E-state index contributed by atoms with van der Waals surface area (Å²) in [5.41, 5.74) is 14.6. The molecule has 8 nitrogen and oxygen atoms in total. The molecule has 4 rings (SSSR count). The lowest BCUT2D eigenvalue weighted by Crippen LogP contribution is -2.32.